The quantitative estimate of drug-likeness (QED) is 0.756. The molecular weight excluding hydrogens is 335 g/mol. The van der Waals surface area contributed by atoms with Crippen LogP contribution in [0.3, 0.4) is 0 Å². The molecule has 3 rings (SSSR count). The molecule has 0 aliphatic rings. The van der Waals surface area contributed by atoms with Crippen molar-refractivity contribution in [2.24, 2.45) is 0 Å². The van der Waals surface area contributed by atoms with Gasteiger partial charge in [-0.15, -0.1) is 0 Å². The van der Waals surface area contributed by atoms with Gasteiger partial charge in [0.15, 0.2) is 5.69 Å². The van der Waals surface area contributed by atoms with Crippen LogP contribution in [0.5, 0.6) is 0 Å². The van der Waals surface area contributed by atoms with E-state index in [9.17, 15) is 4.79 Å². The average Bonchev–Trinajstić information content (AvgIpc) is 3.03. The molecule has 2 heterocycles. The zero-order chi connectivity index (χ0) is 16.2. The molecule has 0 unspecified atom stereocenters. The van der Waals surface area contributed by atoms with Gasteiger partial charge in [0.05, 0.1) is 23.0 Å². The van der Waals surface area contributed by atoms with Gasteiger partial charge in [0.1, 0.15) is 0 Å². The Morgan fingerprint density at radius 3 is 2.78 bits per heavy atom. The number of rotatable bonds is 4. The van der Waals surface area contributed by atoms with Crippen molar-refractivity contribution in [2.75, 3.05) is 0 Å². The summed E-state index contributed by atoms with van der Waals surface area (Å²) in [5.74, 6) is -0.289. The molecule has 1 aromatic carbocycles. The molecule has 1 amide bonds. The second-order valence-electron chi connectivity index (χ2n) is 4.79. The topological polar surface area (TPSA) is 70.7 Å². The number of aromatic amines is 1. The van der Waals surface area contributed by atoms with Crippen LogP contribution in [0.25, 0.3) is 11.3 Å². The number of hydrogen-bond acceptors (Lipinski definition) is 3. The van der Waals surface area contributed by atoms with Crippen LogP contribution in [0.15, 0.2) is 48.7 Å². The molecule has 116 valence electrons. The number of H-pyrrole nitrogens is 1. The zero-order valence-electron chi connectivity index (χ0n) is 11.9. The molecule has 0 radical (unpaired) electrons. The Kier molecular flexibility index (Phi) is 4.60. The van der Waals surface area contributed by atoms with Crippen LogP contribution in [0.1, 0.15) is 16.2 Å². The van der Waals surface area contributed by atoms with Gasteiger partial charge in [-0.1, -0.05) is 29.3 Å². The van der Waals surface area contributed by atoms with E-state index in [1.165, 1.54) is 0 Å². The van der Waals surface area contributed by atoms with Crippen LogP contribution in [-0.4, -0.2) is 21.1 Å². The molecule has 3 aromatic rings. The summed E-state index contributed by atoms with van der Waals surface area (Å²) in [5, 5.41) is 10.6. The second kappa shape index (κ2) is 6.81. The number of halogens is 2. The van der Waals surface area contributed by atoms with Crippen molar-refractivity contribution >= 4 is 29.1 Å². The minimum absolute atomic E-state index is 0.280. The Bertz CT molecular complexity index is 833. The summed E-state index contributed by atoms with van der Waals surface area (Å²) in [6, 6.07) is 12.3. The van der Waals surface area contributed by atoms with Crippen molar-refractivity contribution in [3.05, 3.63) is 70.1 Å². The van der Waals surface area contributed by atoms with Crippen molar-refractivity contribution < 1.29 is 4.79 Å². The lowest BCUT2D eigenvalue weighted by Gasteiger charge is -2.02. The Balaban J connectivity index is 1.72. The molecule has 0 saturated carbocycles. The zero-order valence-corrected chi connectivity index (χ0v) is 13.4. The first-order chi connectivity index (χ1) is 11.1. The van der Waals surface area contributed by atoms with Gasteiger partial charge in [-0.3, -0.25) is 14.9 Å². The molecule has 0 bridgehead atoms. The van der Waals surface area contributed by atoms with Crippen molar-refractivity contribution in [1.82, 2.24) is 20.5 Å². The lowest BCUT2D eigenvalue weighted by molar-refractivity contribution is 0.0945. The van der Waals surface area contributed by atoms with Crippen LogP contribution in [0, 0.1) is 0 Å². The van der Waals surface area contributed by atoms with E-state index in [0.717, 1.165) is 11.3 Å². The highest BCUT2D eigenvalue weighted by molar-refractivity contribution is 6.36. The van der Waals surface area contributed by atoms with Crippen LogP contribution in [0.4, 0.5) is 0 Å². The molecule has 0 saturated heterocycles. The van der Waals surface area contributed by atoms with Gasteiger partial charge in [-0.25, -0.2) is 0 Å². The van der Waals surface area contributed by atoms with Gasteiger partial charge in [0.2, 0.25) is 0 Å². The van der Waals surface area contributed by atoms with E-state index >= 15 is 0 Å². The molecule has 5 nitrogen and oxygen atoms in total. The van der Waals surface area contributed by atoms with E-state index in [1.807, 2.05) is 18.2 Å². The third-order valence-electron chi connectivity index (χ3n) is 3.19. The number of amides is 1. The SMILES string of the molecule is O=C(NCc1ccccn1)c1cc(-c2ccc(Cl)cc2Cl)[nH]n1. The first-order valence-corrected chi connectivity index (χ1v) is 7.58. The third kappa shape index (κ3) is 3.70. The molecule has 0 aliphatic carbocycles. The summed E-state index contributed by atoms with van der Waals surface area (Å²) in [5.41, 5.74) is 2.43. The van der Waals surface area contributed by atoms with Gasteiger partial charge in [-0.2, -0.15) is 5.10 Å². The van der Waals surface area contributed by atoms with Gasteiger partial charge in [0.25, 0.3) is 5.91 Å². The fourth-order valence-corrected chi connectivity index (χ4v) is 2.56. The molecule has 7 heteroatoms. The van der Waals surface area contributed by atoms with Gasteiger partial charge >= 0.3 is 0 Å². The fourth-order valence-electron chi connectivity index (χ4n) is 2.05. The summed E-state index contributed by atoms with van der Waals surface area (Å²) in [6.07, 6.45) is 1.68. The van der Waals surface area contributed by atoms with Crippen LogP contribution >= 0.6 is 23.2 Å². The Labute approximate surface area is 142 Å². The molecule has 0 atom stereocenters. The maximum Gasteiger partial charge on any atom is 0.272 e. The lowest BCUT2D eigenvalue weighted by atomic mass is 10.1. The minimum Gasteiger partial charge on any atom is -0.345 e. The molecule has 0 aliphatic heterocycles. The van der Waals surface area contributed by atoms with Crippen molar-refractivity contribution in [3.8, 4) is 11.3 Å². The third-order valence-corrected chi connectivity index (χ3v) is 3.74. The Morgan fingerprint density at radius 1 is 1.17 bits per heavy atom. The van der Waals surface area contributed by atoms with E-state index < -0.39 is 0 Å². The van der Waals surface area contributed by atoms with Gasteiger partial charge in [-0.05, 0) is 36.4 Å². The maximum atomic E-state index is 12.1. The van der Waals surface area contributed by atoms with Crippen molar-refractivity contribution in [1.29, 1.82) is 0 Å². The molecule has 0 spiro atoms. The largest absolute Gasteiger partial charge is 0.345 e. The first-order valence-electron chi connectivity index (χ1n) is 6.82. The fraction of sp³-hybridized carbons (Fsp3) is 0.0625. The molecule has 2 aromatic heterocycles. The summed E-state index contributed by atoms with van der Waals surface area (Å²) in [4.78, 5) is 16.3. The Hall–Kier alpha value is -2.37. The number of aromatic nitrogens is 3. The Morgan fingerprint density at radius 2 is 2.04 bits per heavy atom. The first kappa shape index (κ1) is 15.5. The highest BCUT2D eigenvalue weighted by Crippen LogP contribution is 2.29. The molecule has 23 heavy (non-hydrogen) atoms. The normalized spacial score (nSPS) is 10.5. The van der Waals surface area contributed by atoms with E-state index in [0.29, 0.717) is 22.3 Å². The minimum atomic E-state index is -0.289. The highest BCUT2D eigenvalue weighted by atomic mass is 35.5. The molecule has 2 N–H and O–H groups in total. The molecule has 0 fully saturated rings. The summed E-state index contributed by atoms with van der Waals surface area (Å²) in [7, 11) is 0. The van der Waals surface area contributed by atoms with E-state index in [1.54, 1.807) is 30.5 Å². The maximum absolute atomic E-state index is 12.1. The van der Waals surface area contributed by atoms with Gasteiger partial charge < -0.3 is 5.32 Å². The van der Waals surface area contributed by atoms with Crippen LogP contribution in [-0.2, 0) is 6.54 Å². The van der Waals surface area contributed by atoms with Crippen LogP contribution < -0.4 is 5.32 Å². The standard InChI is InChI=1S/C16H12Cl2N4O/c17-10-4-5-12(13(18)7-10)14-8-15(22-21-14)16(23)20-9-11-3-1-2-6-19-11/h1-8H,9H2,(H,20,23)(H,21,22). The summed E-state index contributed by atoms with van der Waals surface area (Å²) >= 11 is 12.0. The predicted molar refractivity (Wildman–Crippen MR) is 89.5 cm³/mol. The van der Waals surface area contributed by atoms with Crippen molar-refractivity contribution in [2.45, 2.75) is 6.54 Å². The molecular formula is C16H12Cl2N4O. The average molecular weight is 347 g/mol. The van der Waals surface area contributed by atoms with Crippen LogP contribution in [0.2, 0.25) is 10.0 Å². The lowest BCUT2D eigenvalue weighted by Crippen LogP contribution is -2.23. The van der Waals surface area contributed by atoms with Crippen molar-refractivity contribution in [3.63, 3.8) is 0 Å². The monoisotopic (exact) mass is 346 g/mol. The summed E-state index contributed by atoms with van der Waals surface area (Å²) < 4.78 is 0. The van der Waals surface area contributed by atoms with Gasteiger partial charge in [0, 0.05) is 16.8 Å². The number of nitrogens with zero attached hydrogens (tertiary/aromatic N) is 2. The smallest absolute Gasteiger partial charge is 0.272 e. The summed E-state index contributed by atoms with van der Waals surface area (Å²) in [6.45, 7) is 0.337. The second-order valence-corrected chi connectivity index (χ2v) is 5.64. The number of nitrogens with one attached hydrogen (secondary N) is 2. The van der Waals surface area contributed by atoms with E-state index in [-0.39, 0.29) is 11.6 Å². The number of carbonyl (C=O) groups excluding carboxylic acids is 1. The number of pyridine rings is 1. The van der Waals surface area contributed by atoms with E-state index in [2.05, 4.69) is 20.5 Å². The number of benzene rings is 1. The highest BCUT2D eigenvalue weighted by Gasteiger charge is 2.13. The number of carbonyl (C=O) groups is 1. The predicted octanol–water partition coefficient (Wildman–Crippen LogP) is 3.71. The number of hydrogen-bond donors (Lipinski definition) is 2. The van der Waals surface area contributed by atoms with E-state index in [4.69, 9.17) is 23.2 Å².